The zero-order chi connectivity index (χ0) is 16.4. The van der Waals surface area contributed by atoms with E-state index in [1.807, 2.05) is 50.2 Å². The van der Waals surface area contributed by atoms with Crippen LogP contribution in [0.25, 0.3) is 0 Å². The van der Waals surface area contributed by atoms with Crippen LogP contribution in [0.15, 0.2) is 42.5 Å². The van der Waals surface area contributed by atoms with Crippen molar-refractivity contribution in [3.63, 3.8) is 0 Å². The van der Waals surface area contributed by atoms with Crippen molar-refractivity contribution in [2.75, 3.05) is 11.4 Å². The summed E-state index contributed by atoms with van der Waals surface area (Å²) in [6.45, 7) is 5.14. The summed E-state index contributed by atoms with van der Waals surface area (Å²) < 4.78 is 0. The average Bonchev–Trinajstić information content (AvgIpc) is 2.87. The summed E-state index contributed by atoms with van der Waals surface area (Å²) in [6, 6.07) is 13.5. The average molecular weight is 308 g/mol. The number of carbonyl (C=O) groups excluding carboxylic acids is 2. The summed E-state index contributed by atoms with van der Waals surface area (Å²) in [5.74, 6) is -0.0154. The molecule has 3 rings (SSSR count). The summed E-state index contributed by atoms with van der Waals surface area (Å²) in [6.07, 6.45) is 0.377. The third-order valence-corrected chi connectivity index (χ3v) is 4.29. The van der Waals surface area contributed by atoms with Gasteiger partial charge in [0, 0.05) is 24.3 Å². The van der Waals surface area contributed by atoms with E-state index in [2.05, 4.69) is 5.32 Å². The van der Waals surface area contributed by atoms with Crippen LogP contribution in [0.5, 0.6) is 0 Å². The van der Waals surface area contributed by atoms with Gasteiger partial charge in [0.05, 0.1) is 6.42 Å². The lowest BCUT2D eigenvalue weighted by Crippen LogP contribution is -2.26. The largest absolute Gasteiger partial charge is 0.348 e. The quantitative estimate of drug-likeness (QED) is 0.944. The highest BCUT2D eigenvalue weighted by molar-refractivity contribution is 6.03. The molecule has 0 fully saturated rings. The molecule has 0 unspecified atom stereocenters. The first kappa shape index (κ1) is 15.3. The Labute approximate surface area is 136 Å². The SMILES string of the molecule is CCN1C(=O)Cc2cc(C(=O)NCc3ccccc3C)ccc21. The Balaban J connectivity index is 1.73. The van der Waals surface area contributed by atoms with Crippen LogP contribution in [-0.2, 0) is 17.8 Å². The fraction of sp³-hybridized carbons (Fsp3) is 0.263. The van der Waals surface area contributed by atoms with E-state index in [0.29, 0.717) is 25.1 Å². The fourth-order valence-electron chi connectivity index (χ4n) is 2.96. The van der Waals surface area contributed by atoms with Gasteiger partial charge in [-0.25, -0.2) is 0 Å². The molecule has 0 saturated carbocycles. The standard InChI is InChI=1S/C19H20N2O2/c1-3-21-17-9-8-14(10-16(17)11-18(21)22)19(23)20-12-15-7-5-4-6-13(15)2/h4-10H,3,11-12H2,1-2H3,(H,20,23). The summed E-state index contributed by atoms with van der Waals surface area (Å²) in [5.41, 5.74) is 4.72. The van der Waals surface area contributed by atoms with Crippen LogP contribution in [0, 0.1) is 6.92 Å². The molecular formula is C19H20N2O2. The molecule has 0 radical (unpaired) electrons. The highest BCUT2D eigenvalue weighted by Gasteiger charge is 2.26. The highest BCUT2D eigenvalue weighted by Crippen LogP contribution is 2.29. The molecule has 0 spiro atoms. The van der Waals surface area contributed by atoms with Gasteiger partial charge in [-0.3, -0.25) is 9.59 Å². The number of rotatable bonds is 4. The molecule has 0 aromatic heterocycles. The van der Waals surface area contributed by atoms with E-state index in [4.69, 9.17) is 0 Å². The number of likely N-dealkylation sites (N-methyl/N-ethyl adjacent to an activating group) is 1. The smallest absolute Gasteiger partial charge is 0.251 e. The second-order valence-corrected chi connectivity index (χ2v) is 5.77. The lowest BCUT2D eigenvalue weighted by Gasteiger charge is -2.14. The first-order chi connectivity index (χ1) is 11.1. The van der Waals surface area contributed by atoms with Crippen molar-refractivity contribution in [1.29, 1.82) is 0 Å². The highest BCUT2D eigenvalue weighted by atomic mass is 16.2. The van der Waals surface area contributed by atoms with Crippen LogP contribution in [0.1, 0.15) is 34.0 Å². The molecule has 23 heavy (non-hydrogen) atoms. The van der Waals surface area contributed by atoms with E-state index in [1.54, 1.807) is 11.0 Å². The predicted octanol–water partition coefficient (Wildman–Crippen LogP) is 2.83. The van der Waals surface area contributed by atoms with E-state index < -0.39 is 0 Å². The number of aryl methyl sites for hydroxylation is 1. The van der Waals surface area contributed by atoms with Crippen LogP contribution in [0.3, 0.4) is 0 Å². The van der Waals surface area contributed by atoms with Gasteiger partial charge in [-0.05, 0) is 48.7 Å². The second-order valence-electron chi connectivity index (χ2n) is 5.77. The van der Waals surface area contributed by atoms with Gasteiger partial charge in [-0.2, -0.15) is 0 Å². The van der Waals surface area contributed by atoms with Crippen LogP contribution >= 0.6 is 0 Å². The minimum absolute atomic E-state index is 0.0972. The molecule has 0 atom stereocenters. The number of hydrogen-bond donors (Lipinski definition) is 1. The molecule has 1 aliphatic rings. The third kappa shape index (κ3) is 2.97. The van der Waals surface area contributed by atoms with E-state index in [-0.39, 0.29) is 11.8 Å². The van der Waals surface area contributed by atoms with Gasteiger partial charge in [-0.1, -0.05) is 24.3 Å². The molecular weight excluding hydrogens is 288 g/mol. The van der Waals surface area contributed by atoms with Crippen LogP contribution in [-0.4, -0.2) is 18.4 Å². The van der Waals surface area contributed by atoms with Crippen molar-refractivity contribution in [1.82, 2.24) is 5.32 Å². The van der Waals surface area contributed by atoms with Crippen molar-refractivity contribution < 1.29 is 9.59 Å². The van der Waals surface area contributed by atoms with E-state index in [9.17, 15) is 9.59 Å². The summed E-state index contributed by atoms with van der Waals surface area (Å²) in [4.78, 5) is 26.0. The molecule has 2 amide bonds. The van der Waals surface area contributed by atoms with Crippen LogP contribution in [0.2, 0.25) is 0 Å². The number of amides is 2. The minimum atomic E-state index is -0.113. The molecule has 0 saturated heterocycles. The van der Waals surface area contributed by atoms with E-state index in [1.165, 1.54) is 0 Å². The zero-order valence-electron chi connectivity index (χ0n) is 13.4. The van der Waals surface area contributed by atoms with Gasteiger partial charge < -0.3 is 10.2 Å². The van der Waals surface area contributed by atoms with E-state index >= 15 is 0 Å². The molecule has 2 aromatic rings. The lowest BCUT2D eigenvalue weighted by atomic mass is 10.1. The molecule has 1 heterocycles. The third-order valence-electron chi connectivity index (χ3n) is 4.29. The van der Waals surface area contributed by atoms with Crippen molar-refractivity contribution in [2.45, 2.75) is 26.8 Å². The predicted molar refractivity (Wildman–Crippen MR) is 90.5 cm³/mol. The Bertz CT molecular complexity index is 768. The van der Waals surface area contributed by atoms with Gasteiger partial charge in [0.25, 0.3) is 5.91 Å². The maximum absolute atomic E-state index is 12.4. The zero-order valence-corrected chi connectivity index (χ0v) is 13.4. The first-order valence-corrected chi connectivity index (χ1v) is 7.86. The van der Waals surface area contributed by atoms with Crippen LogP contribution < -0.4 is 10.2 Å². The minimum Gasteiger partial charge on any atom is -0.348 e. The molecule has 4 nitrogen and oxygen atoms in total. The first-order valence-electron chi connectivity index (χ1n) is 7.86. The van der Waals surface area contributed by atoms with Crippen molar-refractivity contribution in [3.05, 3.63) is 64.7 Å². The topological polar surface area (TPSA) is 49.4 Å². The summed E-state index contributed by atoms with van der Waals surface area (Å²) in [7, 11) is 0. The van der Waals surface area contributed by atoms with Gasteiger partial charge in [0.15, 0.2) is 0 Å². The monoisotopic (exact) mass is 308 g/mol. The Morgan fingerprint density at radius 2 is 2.00 bits per heavy atom. The molecule has 1 aliphatic heterocycles. The number of nitrogens with zero attached hydrogens (tertiary/aromatic N) is 1. The summed E-state index contributed by atoms with van der Waals surface area (Å²) >= 11 is 0. The molecule has 118 valence electrons. The molecule has 2 aromatic carbocycles. The number of nitrogens with one attached hydrogen (secondary N) is 1. The normalized spacial score (nSPS) is 13.1. The van der Waals surface area contributed by atoms with Gasteiger partial charge in [0.2, 0.25) is 5.91 Å². The maximum Gasteiger partial charge on any atom is 0.251 e. The van der Waals surface area contributed by atoms with E-state index in [0.717, 1.165) is 22.4 Å². The van der Waals surface area contributed by atoms with Gasteiger partial charge >= 0.3 is 0 Å². The maximum atomic E-state index is 12.4. The second kappa shape index (κ2) is 6.24. The molecule has 0 bridgehead atoms. The molecule has 4 heteroatoms. The number of fused-ring (bicyclic) bond motifs is 1. The lowest BCUT2D eigenvalue weighted by molar-refractivity contribution is -0.117. The van der Waals surface area contributed by atoms with Gasteiger partial charge in [0.1, 0.15) is 0 Å². The Morgan fingerprint density at radius 3 is 2.74 bits per heavy atom. The molecule has 1 N–H and O–H groups in total. The Morgan fingerprint density at radius 1 is 1.22 bits per heavy atom. The van der Waals surface area contributed by atoms with Crippen molar-refractivity contribution in [2.24, 2.45) is 0 Å². The van der Waals surface area contributed by atoms with Crippen LogP contribution in [0.4, 0.5) is 5.69 Å². The number of carbonyl (C=O) groups is 2. The van der Waals surface area contributed by atoms with Crippen molar-refractivity contribution in [3.8, 4) is 0 Å². The number of benzene rings is 2. The summed E-state index contributed by atoms with van der Waals surface area (Å²) in [5, 5.41) is 2.95. The Kier molecular flexibility index (Phi) is 4.15. The van der Waals surface area contributed by atoms with Gasteiger partial charge in [-0.15, -0.1) is 0 Å². The molecule has 0 aliphatic carbocycles. The number of anilines is 1. The number of hydrogen-bond acceptors (Lipinski definition) is 2. The van der Waals surface area contributed by atoms with Crippen molar-refractivity contribution >= 4 is 17.5 Å². The fourth-order valence-corrected chi connectivity index (χ4v) is 2.96. The Hall–Kier alpha value is -2.62.